The fraction of sp³-hybridized carbons (Fsp3) is 0.750. The van der Waals surface area contributed by atoms with Gasteiger partial charge in [-0.1, -0.05) is 0 Å². The molecule has 0 saturated heterocycles. The van der Waals surface area contributed by atoms with E-state index in [1.54, 1.807) is 12.2 Å². The Bertz CT molecular complexity index is 261. The van der Waals surface area contributed by atoms with Crippen LogP contribution in [0.1, 0.15) is 20.8 Å². The van der Waals surface area contributed by atoms with Crippen LogP contribution < -0.4 is 10.6 Å². The molecule has 15 heavy (non-hydrogen) atoms. The Labute approximate surface area is 85.2 Å². The van der Waals surface area contributed by atoms with Gasteiger partial charge in [0.25, 0.3) is 0 Å². The molecule has 0 radical (unpaired) electrons. The first-order chi connectivity index (χ1) is 6.61. The fourth-order valence-electron chi connectivity index (χ4n) is 0.793. The van der Waals surface area contributed by atoms with Crippen LogP contribution in [0.15, 0.2) is 0 Å². The minimum absolute atomic E-state index is 0.282. The van der Waals surface area contributed by atoms with Crippen LogP contribution in [0.4, 0.5) is 13.2 Å². The highest BCUT2D eigenvalue weighted by Gasteiger charge is 2.43. The van der Waals surface area contributed by atoms with E-state index in [0.29, 0.717) is 0 Å². The summed E-state index contributed by atoms with van der Waals surface area (Å²) in [5.41, 5.74) is -1.58. The van der Waals surface area contributed by atoms with E-state index in [9.17, 15) is 22.8 Å². The van der Waals surface area contributed by atoms with Crippen molar-refractivity contribution in [1.29, 1.82) is 0 Å². The Morgan fingerprint density at radius 1 is 1.13 bits per heavy atom. The number of hydrogen-bond acceptors (Lipinski definition) is 2. The SMILES string of the molecule is CCNC(=O)C(C)(C)NC(=O)C(F)(F)F. The van der Waals surface area contributed by atoms with E-state index in [-0.39, 0.29) is 6.54 Å². The number of carbonyl (C=O) groups is 2. The number of amides is 2. The van der Waals surface area contributed by atoms with Gasteiger partial charge in [0, 0.05) is 6.54 Å². The van der Waals surface area contributed by atoms with Gasteiger partial charge in [-0.05, 0) is 20.8 Å². The summed E-state index contributed by atoms with van der Waals surface area (Å²) in [6.07, 6.45) is -4.98. The maximum Gasteiger partial charge on any atom is 0.471 e. The van der Waals surface area contributed by atoms with Crippen LogP contribution in [0.3, 0.4) is 0 Å². The van der Waals surface area contributed by atoms with E-state index in [2.05, 4.69) is 5.32 Å². The largest absolute Gasteiger partial charge is 0.471 e. The predicted molar refractivity (Wildman–Crippen MR) is 47.0 cm³/mol. The van der Waals surface area contributed by atoms with Crippen LogP contribution in [0.5, 0.6) is 0 Å². The molecule has 0 spiro atoms. The number of alkyl halides is 3. The van der Waals surface area contributed by atoms with E-state index in [0.717, 1.165) is 0 Å². The predicted octanol–water partition coefficient (Wildman–Crippen LogP) is 0.580. The van der Waals surface area contributed by atoms with Crippen LogP contribution in [-0.2, 0) is 9.59 Å². The van der Waals surface area contributed by atoms with Gasteiger partial charge in [-0.25, -0.2) is 0 Å². The Hall–Kier alpha value is -1.27. The lowest BCUT2D eigenvalue weighted by atomic mass is 10.0. The lowest BCUT2D eigenvalue weighted by molar-refractivity contribution is -0.176. The van der Waals surface area contributed by atoms with E-state index in [1.165, 1.54) is 13.8 Å². The standard InChI is InChI=1S/C8H13F3N2O2/c1-4-12-5(14)7(2,3)13-6(15)8(9,10)11/h4H2,1-3H3,(H,12,14)(H,13,15). The van der Waals surface area contributed by atoms with E-state index >= 15 is 0 Å². The molecule has 0 atom stereocenters. The zero-order valence-electron chi connectivity index (χ0n) is 8.66. The minimum atomic E-state index is -4.98. The number of carbonyl (C=O) groups excluding carboxylic acids is 2. The van der Waals surface area contributed by atoms with Crippen LogP contribution >= 0.6 is 0 Å². The van der Waals surface area contributed by atoms with Crippen molar-refractivity contribution in [2.24, 2.45) is 0 Å². The average molecular weight is 226 g/mol. The fourth-order valence-corrected chi connectivity index (χ4v) is 0.793. The molecule has 0 aliphatic rings. The van der Waals surface area contributed by atoms with E-state index in [1.807, 2.05) is 0 Å². The summed E-state index contributed by atoms with van der Waals surface area (Å²) in [7, 11) is 0. The molecule has 0 aliphatic carbocycles. The molecule has 2 N–H and O–H groups in total. The highest BCUT2D eigenvalue weighted by atomic mass is 19.4. The Balaban J connectivity index is 4.51. The molecule has 0 aromatic carbocycles. The Morgan fingerprint density at radius 3 is 1.93 bits per heavy atom. The van der Waals surface area contributed by atoms with Crippen LogP contribution in [0, 0.1) is 0 Å². The zero-order valence-corrected chi connectivity index (χ0v) is 8.66. The molecule has 0 rings (SSSR count). The van der Waals surface area contributed by atoms with Gasteiger partial charge in [-0.3, -0.25) is 9.59 Å². The number of hydrogen-bond donors (Lipinski definition) is 2. The smallest absolute Gasteiger partial charge is 0.354 e. The maximum absolute atomic E-state index is 11.9. The third kappa shape index (κ3) is 4.18. The van der Waals surface area contributed by atoms with Gasteiger partial charge in [-0.2, -0.15) is 13.2 Å². The van der Waals surface area contributed by atoms with Gasteiger partial charge < -0.3 is 10.6 Å². The monoisotopic (exact) mass is 226 g/mol. The average Bonchev–Trinajstić information content (AvgIpc) is 2.02. The highest BCUT2D eigenvalue weighted by molar-refractivity contribution is 5.92. The summed E-state index contributed by atoms with van der Waals surface area (Å²) >= 11 is 0. The van der Waals surface area contributed by atoms with Crippen molar-refractivity contribution in [2.45, 2.75) is 32.5 Å². The Morgan fingerprint density at radius 2 is 1.60 bits per heavy atom. The van der Waals surface area contributed by atoms with Crippen molar-refractivity contribution in [2.75, 3.05) is 6.54 Å². The first-order valence-electron chi connectivity index (χ1n) is 4.29. The molecule has 0 saturated carbocycles. The summed E-state index contributed by atoms with van der Waals surface area (Å²) in [6.45, 7) is 4.30. The van der Waals surface area contributed by atoms with E-state index in [4.69, 9.17) is 0 Å². The zero-order chi connectivity index (χ0) is 12.3. The van der Waals surface area contributed by atoms with Crippen LogP contribution in [-0.4, -0.2) is 30.1 Å². The molecular weight excluding hydrogens is 213 g/mol. The van der Waals surface area contributed by atoms with E-state index < -0.39 is 23.5 Å². The number of halogens is 3. The third-order valence-electron chi connectivity index (χ3n) is 1.59. The van der Waals surface area contributed by atoms with Crippen LogP contribution in [0.2, 0.25) is 0 Å². The maximum atomic E-state index is 11.9. The second-order valence-electron chi connectivity index (χ2n) is 3.44. The molecule has 0 unspecified atom stereocenters. The van der Waals surface area contributed by atoms with Gasteiger partial charge in [0.1, 0.15) is 5.54 Å². The van der Waals surface area contributed by atoms with Crippen molar-refractivity contribution in [3.8, 4) is 0 Å². The Kier molecular flexibility index (Phi) is 4.12. The summed E-state index contributed by atoms with van der Waals surface area (Å²) in [5, 5.41) is 3.93. The molecule has 7 heteroatoms. The van der Waals surface area contributed by atoms with Crippen molar-refractivity contribution in [3.05, 3.63) is 0 Å². The van der Waals surface area contributed by atoms with Gasteiger partial charge in [0.05, 0.1) is 0 Å². The highest BCUT2D eigenvalue weighted by Crippen LogP contribution is 2.16. The van der Waals surface area contributed by atoms with Crippen molar-refractivity contribution >= 4 is 11.8 Å². The van der Waals surface area contributed by atoms with Gasteiger partial charge in [-0.15, -0.1) is 0 Å². The first-order valence-corrected chi connectivity index (χ1v) is 4.29. The van der Waals surface area contributed by atoms with Gasteiger partial charge in [0.15, 0.2) is 0 Å². The summed E-state index contributed by atoms with van der Waals surface area (Å²) in [5.74, 6) is -2.79. The second-order valence-corrected chi connectivity index (χ2v) is 3.44. The molecule has 0 aliphatic heterocycles. The topological polar surface area (TPSA) is 58.2 Å². The van der Waals surface area contributed by atoms with Crippen molar-refractivity contribution in [1.82, 2.24) is 10.6 Å². The van der Waals surface area contributed by atoms with Crippen LogP contribution in [0.25, 0.3) is 0 Å². The summed E-state index contributed by atoms with van der Waals surface area (Å²) in [4.78, 5) is 21.8. The number of likely N-dealkylation sites (N-methyl/N-ethyl adjacent to an activating group) is 1. The molecule has 0 fully saturated rings. The number of rotatable bonds is 3. The molecule has 4 nitrogen and oxygen atoms in total. The molecule has 88 valence electrons. The molecule has 0 heterocycles. The van der Waals surface area contributed by atoms with Crippen molar-refractivity contribution < 1.29 is 22.8 Å². The molecule has 0 bridgehead atoms. The van der Waals surface area contributed by atoms with Crippen molar-refractivity contribution in [3.63, 3.8) is 0 Å². The van der Waals surface area contributed by atoms with Gasteiger partial charge >= 0.3 is 12.1 Å². The molecule has 0 aromatic heterocycles. The lowest BCUT2D eigenvalue weighted by Crippen LogP contribution is -2.57. The molecular formula is C8H13F3N2O2. The quantitative estimate of drug-likeness (QED) is 0.739. The molecule has 0 aromatic rings. The summed E-state index contributed by atoms with van der Waals surface area (Å²) in [6, 6.07) is 0. The van der Waals surface area contributed by atoms with Gasteiger partial charge in [0.2, 0.25) is 5.91 Å². The third-order valence-corrected chi connectivity index (χ3v) is 1.59. The first kappa shape index (κ1) is 13.7. The lowest BCUT2D eigenvalue weighted by Gasteiger charge is -2.25. The molecule has 2 amide bonds. The summed E-state index contributed by atoms with van der Waals surface area (Å²) < 4.78 is 35.7. The normalized spacial score (nSPS) is 12.1. The number of nitrogens with one attached hydrogen (secondary N) is 2. The second kappa shape index (κ2) is 4.50. The minimum Gasteiger partial charge on any atom is -0.354 e.